The third-order valence-corrected chi connectivity index (χ3v) is 5.62. The first kappa shape index (κ1) is 23.5. The molecule has 0 aromatic carbocycles. The van der Waals surface area contributed by atoms with E-state index in [9.17, 15) is 4.79 Å². The molecule has 152 valence electrons. The molecule has 0 spiro atoms. The first-order valence-corrected chi connectivity index (χ1v) is 11.3. The summed E-state index contributed by atoms with van der Waals surface area (Å²) < 4.78 is 0. The maximum atomic E-state index is 11.2. The molecule has 1 saturated carbocycles. The van der Waals surface area contributed by atoms with Gasteiger partial charge in [-0.1, -0.05) is 64.3 Å². The topological polar surface area (TPSA) is 45.2 Å². The average Bonchev–Trinajstić information content (AvgIpc) is 2.71. The minimum absolute atomic E-state index is 0.183. The summed E-state index contributed by atoms with van der Waals surface area (Å²) in [6, 6.07) is 4.02. The van der Waals surface area contributed by atoms with Crippen molar-refractivity contribution < 1.29 is 4.79 Å². The van der Waals surface area contributed by atoms with Crippen LogP contribution >= 0.6 is 11.8 Å². The Kier molecular flexibility index (Phi) is 12.7. The molecule has 0 aliphatic heterocycles. The molecule has 0 atom stereocenters. The van der Waals surface area contributed by atoms with Crippen molar-refractivity contribution in [1.29, 1.82) is 0 Å². The quantitative estimate of drug-likeness (QED) is 0.592. The van der Waals surface area contributed by atoms with Gasteiger partial charge >= 0.3 is 0 Å². The van der Waals surface area contributed by atoms with Crippen molar-refractivity contribution in [1.82, 2.24) is 15.2 Å². The van der Waals surface area contributed by atoms with Crippen molar-refractivity contribution in [2.45, 2.75) is 65.8 Å². The zero-order valence-electron chi connectivity index (χ0n) is 17.4. The summed E-state index contributed by atoms with van der Waals surface area (Å²) in [5, 5.41) is 3.62. The lowest BCUT2D eigenvalue weighted by Crippen LogP contribution is -2.34. The molecule has 1 aliphatic rings. The Morgan fingerprint density at radius 1 is 1.22 bits per heavy atom. The minimum atomic E-state index is 0.183. The van der Waals surface area contributed by atoms with Gasteiger partial charge in [0, 0.05) is 44.7 Å². The Balaban J connectivity index is 0.00000176. The van der Waals surface area contributed by atoms with Crippen LogP contribution in [0.1, 0.15) is 64.9 Å². The highest BCUT2D eigenvalue weighted by Gasteiger charge is 2.16. The van der Waals surface area contributed by atoms with Crippen LogP contribution in [0.5, 0.6) is 0 Å². The van der Waals surface area contributed by atoms with Gasteiger partial charge in [-0.2, -0.15) is 0 Å². The van der Waals surface area contributed by atoms with Gasteiger partial charge in [-0.3, -0.25) is 9.78 Å². The van der Waals surface area contributed by atoms with Crippen LogP contribution in [0.15, 0.2) is 36.9 Å². The molecule has 1 fully saturated rings. The highest BCUT2D eigenvalue weighted by Crippen LogP contribution is 2.26. The van der Waals surface area contributed by atoms with E-state index in [1.807, 2.05) is 38.4 Å². The molecule has 1 aromatic heterocycles. The number of hydrogen-bond acceptors (Lipinski definition) is 5. The van der Waals surface area contributed by atoms with Gasteiger partial charge in [0.25, 0.3) is 0 Å². The molecule has 0 radical (unpaired) electrons. The van der Waals surface area contributed by atoms with Gasteiger partial charge in [-0.15, -0.1) is 0 Å². The highest BCUT2D eigenvalue weighted by molar-refractivity contribution is 8.13. The second kappa shape index (κ2) is 14.6. The van der Waals surface area contributed by atoms with Gasteiger partial charge in [0.2, 0.25) is 0 Å². The molecular formula is C22H37N3OS. The Hall–Kier alpha value is -1.49. The van der Waals surface area contributed by atoms with E-state index in [-0.39, 0.29) is 5.12 Å². The molecule has 1 N–H and O–H groups in total. The standard InChI is InChI=1S/C20H31N3OS.C2H6/c1-17(22-16-20-8-11-21-12-9-20)23(14-15-25-18(2)24)13-10-19-6-4-3-5-7-19;1-2/h8-9,11-12,19,22H,1,3-7,10,13-16H2,2H3;1-2H3. The fraction of sp³-hybridized carbons (Fsp3) is 0.636. The molecule has 0 bridgehead atoms. The van der Waals surface area contributed by atoms with Crippen LogP contribution in [0.4, 0.5) is 0 Å². The van der Waals surface area contributed by atoms with Crippen molar-refractivity contribution in [2.75, 3.05) is 18.8 Å². The van der Waals surface area contributed by atoms with Crippen molar-refractivity contribution in [3.8, 4) is 0 Å². The maximum absolute atomic E-state index is 11.2. The van der Waals surface area contributed by atoms with E-state index in [1.54, 1.807) is 6.92 Å². The first-order valence-electron chi connectivity index (χ1n) is 10.3. The Labute approximate surface area is 170 Å². The zero-order chi connectivity index (χ0) is 19.9. The average molecular weight is 392 g/mol. The van der Waals surface area contributed by atoms with Gasteiger partial charge in [-0.25, -0.2) is 0 Å². The number of rotatable bonds is 10. The zero-order valence-corrected chi connectivity index (χ0v) is 18.2. The molecule has 5 heteroatoms. The number of aromatic nitrogens is 1. The summed E-state index contributed by atoms with van der Waals surface area (Å²) >= 11 is 1.40. The van der Waals surface area contributed by atoms with Gasteiger partial charge in [0.05, 0.1) is 5.82 Å². The van der Waals surface area contributed by atoms with Crippen molar-refractivity contribution in [2.24, 2.45) is 5.92 Å². The van der Waals surface area contributed by atoms with Crippen LogP contribution in [-0.4, -0.2) is 33.8 Å². The number of thioether (sulfide) groups is 1. The van der Waals surface area contributed by atoms with Crippen molar-refractivity contribution in [3.63, 3.8) is 0 Å². The smallest absolute Gasteiger partial charge is 0.185 e. The Morgan fingerprint density at radius 3 is 2.52 bits per heavy atom. The summed E-state index contributed by atoms with van der Waals surface area (Å²) in [7, 11) is 0. The molecule has 4 nitrogen and oxygen atoms in total. The molecule has 0 unspecified atom stereocenters. The lowest BCUT2D eigenvalue weighted by Gasteiger charge is -2.30. The number of pyridine rings is 1. The summed E-state index contributed by atoms with van der Waals surface area (Å²) in [6.45, 7) is 12.5. The molecule has 1 aliphatic carbocycles. The molecule has 2 rings (SSSR count). The first-order chi connectivity index (χ1) is 13.1. The van der Waals surface area contributed by atoms with Crippen LogP contribution in [0.3, 0.4) is 0 Å². The van der Waals surface area contributed by atoms with Gasteiger partial charge in [0.1, 0.15) is 0 Å². The normalized spacial score (nSPS) is 14.0. The van der Waals surface area contributed by atoms with Gasteiger partial charge in [-0.05, 0) is 30.0 Å². The summed E-state index contributed by atoms with van der Waals surface area (Å²) in [5.74, 6) is 2.62. The van der Waals surface area contributed by atoms with E-state index < -0.39 is 0 Å². The number of nitrogens with zero attached hydrogens (tertiary/aromatic N) is 2. The molecule has 0 saturated heterocycles. The Morgan fingerprint density at radius 2 is 1.89 bits per heavy atom. The number of nitrogens with one attached hydrogen (secondary N) is 1. The van der Waals surface area contributed by atoms with E-state index in [0.29, 0.717) is 0 Å². The molecule has 0 amide bonds. The van der Waals surface area contributed by atoms with Crippen LogP contribution < -0.4 is 5.32 Å². The van der Waals surface area contributed by atoms with E-state index >= 15 is 0 Å². The lowest BCUT2D eigenvalue weighted by molar-refractivity contribution is -0.109. The van der Waals surface area contributed by atoms with Crippen LogP contribution in [0.25, 0.3) is 0 Å². The predicted octanol–water partition coefficient (Wildman–Crippen LogP) is 5.22. The van der Waals surface area contributed by atoms with Gasteiger partial charge < -0.3 is 10.2 Å². The van der Waals surface area contributed by atoms with Crippen molar-refractivity contribution in [3.05, 3.63) is 42.5 Å². The summed E-state index contributed by atoms with van der Waals surface area (Å²) in [6.07, 6.45) is 11.7. The van der Waals surface area contributed by atoms with E-state index in [0.717, 1.165) is 37.1 Å². The molecular weight excluding hydrogens is 354 g/mol. The maximum Gasteiger partial charge on any atom is 0.185 e. The SMILES string of the molecule is C=C(NCc1ccncc1)N(CCSC(C)=O)CCC1CCCCC1.CC. The van der Waals surface area contributed by atoms with Crippen molar-refractivity contribution >= 4 is 16.9 Å². The predicted molar refractivity (Wildman–Crippen MR) is 117 cm³/mol. The fourth-order valence-electron chi connectivity index (χ4n) is 3.31. The number of carbonyl (C=O) groups is 1. The number of hydrogen-bond donors (Lipinski definition) is 1. The van der Waals surface area contributed by atoms with Crippen LogP contribution in [0.2, 0.25) is 0 Å². The van der Waals surface area contributed by atoms with Gasteiger partial charge in [0.15, 0.2) is 5.12 Å². The third kappa shape index (κ3) is 10.4. The molecule has 1 aromatic rings. The fourth-order valence-corrected chi connectivity index (χ4v) is 3.91. The van der Waals surface area contributed by atoms with Crippen LogP contribution in [-0.2, 0) is 11.3 Å². The second-order valence-electron chi connectivity index (χ2n) is 6.78. The highest BCUT2D eigenvalue weighted by atomic mass is 32.2. The monoisotopic (exact) mass is 391 g/mol. The summed E-state index contributed by atoms with van der Waals surface area (Å²) in [4.78, 5) is 17.6. The van der Waals surface area contributed by atoms with Crippen LogP contribution in [0, 0.1) is 5.92 Å². The minimum Gasteiger partial charge on any atom is -0.368 e. The molecule has 27 heavy (non-hydrogen) atoms. The van der Waals surface area contributed by atoms with E-state index in [2.05, 4.69) is 21.8 Å². The Bertz CT molecular complexity index is 530. The largest absolute Gasteiger partial charge is 0.368 e. The third-order valence-electron chi connectivity index (χ3n) is 4.83. The lowest BCUT2D eigenvalue weighted by atomic mass is 9.87. The second-order valence-corrected chi connectivity index (χ2v) is 8.05. The molecule has 1 heterocycles. The number of carbonyl (C=O) groups excluding carboxylic acids is 1. The summed E-state index contributed by atoms with van der Waals surface area (Å²) in [5.41, 5.74) is 1.20. The van der Waals surface area contributed by atoms with E-state index in [1.165, 1.54) is 55.9 Å². The van der Waals surface area contributed by atoms with E-state index in [4.69, 9.17) is 0 Å².